The van der Waals surface area contributed by atoms with Crippen LogP contribution >= 0.6 is 0 Å². The van der Waals surface area contributed by atoms with Crippen LogP contribution in [0.5, 0.6) is 0 Å². The number of carbonyl (C=O) groups excluding carboxylic acids is 1. The fraction of sp³-hybridized carbons (Fsp3) is 0.889. The molecule has 0 aromatic carbocycles. The minimum Gasteiger partial charge on any atom is -0.311 e. The van der Waals surface area contributed by atoms with Crippen molar-refractivity contribution in [1.82, 2.24) is 5.32 Å². The molecule has 0 aromatic rings. The van der Waals surface area contributed by atoms with Crippen LogP contribution in [0.15, 0.2) is 0 Å². The second-order valence-corrected chi connectivity index (χ2v) is 2.34. The molecule has 0 radical (unpaired) electrons. The lowest BCUT2D eigenvalue weighted by atomic mass is 10.0. The molecule has 0 saturated carbocycles. The zero-order valence-electron chi connectivity index (χ0n) is 8.35. The van der Waals surface area contributed by atoms with Crippen molar-refractivity contribution in [2.24, 2.45) is 5.92 Å². The van der Waals surface area contributed by atoms with Crippen molar-refractivity contribution in [3.8, 4) is 0 Å². The minimum atomic E-state index is 0.0370. The van der Waals surface area contributed by atoms with Gasteiger partial charge in [0, 0.05) is 0 Å². The number of nitrogens with one attached hydrogen (secondary N) is 1. The van der Waals surface area contributed by atoms with Crippen LogP contribution in [0, 0.1) is 5.92 Å². The van der Waals surface area contributed by atoms with Crippen molar-refractivity contribution in [1.29, 1.82) is 0 Å². The van der Waals surface area contributed by atoms with Crippen LogP contribution < -0.4 is 5.32 Å². The van der Waals surface area contributed by atoms with Gasteiger partial charge >= 0.3 is 0 Å². The summed E-state index contributed by atoms with van der Waals surface area (Å²) >= 11 is 0. The average molecular weight is 159 g/mol. The van der Waals surface area contributed by atoms with Gasteiger partial charge in [0.25, 0.3) is 0 Å². The van der Waals surface area contributed by atoms with E-state index < -0.39 is 0 Å². The summed E-state index contributed by atoms with van der Waals surface area (Å²) in [6, 6.07) is 0.0370. The first-order valence-corrected chi connectivity index (χ1v) is 4.38. The predicted molar refractivity (Wildman–Crippen MR) is 49.7 cm³/mol. The molecule has 0 aliphatic carbocycles. The Kier molecular flexibility index (Phi) is 11.6. The van der Waals surface area contributed by atoms with Crippen LogP contribution in [-0.4, -0.2) is 19.4 Å². The SMILES string of the molecule is CC.CCC(C)[C@@H](C=O)NC. The van der Waals surface area contributed by atoms with Crippen molar-refractivity contribution in [2.45, 2.75) is 40.2 Å². The van der Waals surface area contributed by atoms with Crippen molar-refractivity contribution < 1.29 is 4.79 Å². The molecular weight excluding hydrogens is 138 g/mol. The number of likely N-dealkylation sites (N-methyl/N-ethyl adjacent to an activating group) is 1. The summed E-state index contributed by atoms with van der Waals surface area (Å²) in [5.74, 6) is 0.451. The maximum Gasteiger partial charge on any atom is 0.137 e. The standard InChI is InChI=1S/C7H15NO.C2H6/c1-4-6(2)7(5-9)8-3;1-2/h5-8H,4H2,1-3H3;1-2H3/t6?,7-;/m1./s1. The molecule has 0 heterocycles. The maximum absolute atomic E-state index is 10.3. The van der Waals surface area contributed by atoms with Crippen LogP contribution in [0.4, 0.5) is 0 Å². The molecule has 1 unspecified atom stereocenters. The molecule has 1 N–H and O–H groups in total. The van der Waals surface area contributed by atoms with E-state index in [1.165, 1.54) is 0 Å². The monoisotopic (exact) mass is 159 g/mol. The van der Waals surface area contributed by atoms with Gasteiger partial charge in [0.2, 0.25) is 0 Å². The van der Waals surface area contributed by atoms with E-state index in [1.807, 2.05) is 20.9 Å². The topological polar surface area (TPSA) is 29.1 Å². The normalized spacial score (nSPS) is 14.3. The summed E-state index contributed by atoms with van der Waals surface area (Å²) in [5.41, 5.74) is 0. The van der Waals surface area contributed by atoms with E-state index in [4.69, 9.17) is 0 Å². The Hall–Kier alpha value is -0.370. The van der Waals surface area contributed by atoms with Crippen molar-refractivity contribution in [3.63, 3.8) is 0 Å². The highest BCUT2D eigenvalue weighted by molar-refractivity contribution is 5.57. The summed E-state index contributed by atoms with van der Waals surface area (Å²) < 4.78 is 0. The molecular formula is C9H21NO. The van der Waals surface area contributed by atoms with Gasteiger partial charge in [-0.1, -0.05) is 34.1 Å². The lowest BCUT2D eigenvalue weighted by molar-refractivity contribution is -0.110. The molecule has 0 aliphatic rings. The number of aldehydes is 1. The summed E-state index contributed by atoms with van der Waals surface area (Å²) in [5, 5.41) is 2.93. The molecule has 68 valence electrons. The molecule has 0 bridgehead atoms. The van der Waals surface area contributed by atoms with E-state index in [0.29, 0.717) is 5.92 Å². The van der Waals surface area contributed by atoms with Crippen LogP contribution in [0.2, 0.25) is 0 Å². The Bertz CT molecular complexity index is 83.6. The minimum absolute atomic E-state index is 0.0370. The number of hydrogen-bond donors (Lipinski definition) is 1. The first-order valence-electron chi connectivity index (χ1n) is 4.38. The second-order valence-electron chi connectivity index (χ2n) is 2.34. The lowest BCUT2D eigenvalue weighted by Crippen LogP contribution is -2.32. The van der Waals surface area contributed by atoms with Crippen LogP contribution in [0.3, 0.4) is 0 Å². The fourth-order valence-corrected chi connectivity index (χ4v) is 0.741. The second kappa shape index (κ2) is 9.63. The maximum atomic E-state index is 10.3. The van der Waals surface area contributed by atoms with Gasteiger partial charge in [-0.05, 0) is 13.0 Å². The number of rotatable bonds is 4. The van der Waals surface area contributed by atoms with Gasteiger partial charge in [0.05, 0.1) is 6.04 Å². The van der Waals surface area contributed by atoms with E-state index >= 15 is 0 Å². The Labute approximate surface area is 70.4 Å². The Morgan fingerprint density at radius 1 is 1.45 bits per heavy atom. The van der Waals surface area contributed by atoms with Gasteiger partial charge in [0.15, 0.2) is 0 Å². The first kappa shape index (κ1) is 13.2. The van der Waals surface area contributed by atoms with E-state index in [0.717, 1.165) is 12.7 Å². The highest BCUT2D eigenvalue weighted by atomic mass is 16.1. The van der Waals surface area contributed by atoms with Crippen LogP contribution in [-0.2, 0) is 4.79 Å². The Morgan fingerprint density at radius 3 is 2.00 bits per heavy atom. The van der Waals surface area contributed by atoms with Gasteiger partial charge in [-0.15, -0.1) is 0 Å². The van der Waals surface area contributed by atoms with Crippen LogP contribution in [0.25, 0.3) is 0 Å². The third-order valence-corrected chi connectivity index (χ3v) is 1.74. The molecule has 0 rings (SSSR count). The molecule has 0 aromatic heterocycles. The van der Waals surface area contributed by atoms with E-state index in [9.17, 15) is 4.79 Å². The van der Waals surface area contributed by atoms with E-state index in [-0.39, 0.29) is 6.04 Å². The first-order chi connectivity index (χ1) is 5.26. The molecule has 0 aliphatic heterocycles. The molecule has 0 spiro atoms. The average Bonchev–Trinajstić information content (AvgIpc) is 2.10. The largest absolute Gasteiger partial charge is 0.311 e. The Morgan fingerprint density at radius 2 is 1.91 bits per heavy atom. The van der Waals surface area contributed by atoms with Gasteiger partial charge < -0.3 is 10.1 Å². The quantitative estimate of drug-likeness (QED) is 0.634. The number of hydrogen-bond acceptors (Lipinski definition) is 2. The fourth-order valence-electron chi connectivity index (χ4n) is 0.741. The third-order valence-electron chi connectivity index (χ3n) is 1.74. The summed E-state index contributed by atoms with van der Waals surface area (Å²) in [6.45, 7) is 8.15. The predicted octanol–water partition coefficient (Wildman–Crippen LogP) is 1.85. The third kappa shape index (κ3) is 6.05. The van der Waals surface area contributed by atoms with Crippen molar-refractivity contribution in [2.75, 3.05) is 7.05 Å². The highest BCUT2D eigenvalue weighted by Crippen LogP contribution is 2.03. The molecule has 11 heavy (non-hydrogen) atoms. The molecule has 2 heteroatoms. The molecule has 0 amide bonds. The molecule has 2 atom stereocenters. The van der Waals surface area contributed by atoms with Gasteiger partial charge in [-0.25, -0.2) is 0 Å². The zero-order chi connectivity index (χ0) is 9.28. The van der Waals surface area contributed by atoms with Gasteiger partial charge in [0.1, 0.15) is 6.29 Å². The van der Waals surface area contributed by atoms with Crippen molar-refractivity contribution in [3.05, 3.63) is 0 Å². The van der Waals surface area contributed by atoms with Gasteiger partial charge in [-0.2, -0.15) is 0 Å². The summed E-state index contributed by atoms with van der Waals surface area (Å²) in [4.78, 5) is 10.3. The van der Waals surface area contributed by atoms with E-state index in [1.54, 1.807) is 0 Å². The molecule has 2 nitrogen and oxygen atoms in total. The Balaban J connectivity index is 0. The van der Waals surface area contributed by atoms with Gasteiger partial charge in [-0.3, -0.25) is 0 Å². The van der Waals surface area contributed by atoms with Crippen molar-refractivity contribution >= 4 is 6.29 Å². The summed E-state index contributed by atoms with van der Waals surface area (Å²) in [7, 11) is 1.81. The summed E-state index contributed by atoms with van der Waals surface area (Å²) in [6.07, 6.45) is 2.01. The zero-order valence-corrected chi connectivity index (χ0v) is 8.35. The molecule has 0 saturated heterocycles. The van der Waals surface area contributed by atoms with Crippen LogP contribution in [0.1, 0.15) is 34.1 Å². The smallest absolute Gasteiger partial charge is 0.137 e. The van der Waals surface area contributed by atoms with E-state index in [2.05, 4.69) is 19.2 Å². The highest BCUT2D eigenvalue weighted by Gasteiger charge is 2.10. The molecule has 0 fully saturated rings. The lowest BCUT2D eigenvalue weighted by Gasteiger charge is -2.14. The number of carbonyl (C=O) groups is 1.